The van der Waals surface area contributed by atoms with Gasteiger partial charge in [0.1, 0.15) is 11.0 Å². The highest BCUT2D eigenvalue weighted by atomic mass is 32.2. The lowest BCUT2D eigenvalue weighted by molar-refractivity contribution is 0.765. The van der Waals surface area contributed by atoms with E-state index in [1.54, 1.807) is 4.80 Å². The molecule has 4 aromatic carbocycles. The summed E-state index contributed by atoms with van der Waals surface area (Å²) >= 11 is 1.90. The highest BCUT2D eigenvalue weighted by Gasteiger charge is 2.19. The van der Waals surface area contributed by atoms with Crippen molar-refractivity contribution in [1.29, 1.82) is 0 Å². The number of fused-ring (bicyclic) bond motifs is 2. The molecule has 0 bridgehead atoms. The van der Waals surface area contributed by atoms with Crippen LogP contribution in [-0.4, -0.2) is 20.7 Å². The summed E-state index contributed by atoms with van der Waals surface area (Å²) in [4.78, 5) is 5.36. The lowest BCUT2D eigenvalue weighted by Gasteiger charge is -2.27. The quantitative estimate of drug-likeness (QED) is 0.263. The number of hydrogen-bond acceptors (Lipinski definition) is 4. The van der Waals surface area contributed by atoms with Crippen molar-refractivity contribution in [3.05, 3.63) is 127 Å². The first-order valence-electron chi connectivity index (χ1n) is 11.7. The van der Waals surface area contributed by atoms with E-state index in [1.807, 2.05) is 42.1 Å². The topological polar surface area (TPSA) is 34.0 Å². The minimum absolute atomic E-state index is 0.883. The van der Waals surface area contributed by atoms with Crippen molar-refractivity contribution >= 4 is 39.7 Å². The summed E-state index contributed by atoms with van der Waals surface area (Å²) in [6, 6.07) is 35.5. The Morgan fingerprint density at radius 1 is 0.800 bits per heavy atom. The van der Waals surface area contributed by atoms with Gasteiger partial charge in [0.2, 0.25) is 0 Å². The van der Waals surface area contributed by atoms with Gasteiger partial charge in [-0.3, -0.25) is 0 Å². The van der Waals surface area contributed by atoms with E-state index in [-0.39, 0.29) is 0 Å². The van der Waals surface area contributed by atoms with Gasteiger partial charge >= 0.3 is 0 Å². The number of aromatic nitrogens is 3. The Balaban J connectivity index is 1.45. The smallest absolute Gasteiger partial charge is 0.113 e. The zero-order valence-electron chi connectivity index (χ0n) is 19.4. The van der Waals surface area contributed by atoms with Crippen molar-refractivity contribution in [3.63, 3.8) is 0 Å². The van der Waals surface area contributed by atoms with Crippen molar-refractivity contribution < 1.29 is 0 Å². The highest BCUT2D eigenvalue weighted by Crippen LogP contribution is 2.40. The Bertz CT molecular complexity index is 1530. The second-order valence-electron chi connectivity index (χ2n) is 8.34. The van der Waals surface area contributed by atoms with Crippen LogP contribution in [0.25, 0.3) is 22.3 Å². The number of allylic oxidation sites excluding steroid dienone is 2. The highest BCUT2D eigenvalue weighted by molar-refractivity contribution is 8.00. The molecule has 5 heteroatoms. The summed E-state index contributed by atoms with van der Waals surface area (Å²) in [6.45, 7) is 2.10. The molecule has 35 heavy (non-hydrogen) atoms. The molecule has 170 valence electrons. The molecule has 1 aliphatic heterocycles. The molecule has 1 aromatic heterocycles. The molecule has 6 rings (SSSR count). The third kappa shape index (κ3) is 4.15. The van der Waals surface area contributed by atoms with Crippen LogP contribution in [0.2, 0.25) is 0 Å². The Kier molecular flexibility index (Phi) is 5.68. The number of hydrogen-bond donors (Lipinski definition) is 0. The van der Waals surface area contributed by atoms with Crippen LogP contribution in [0.3, 0.4) is 0 Å². The number of benzene rings is 4. The number of rotatable bonds is 5. The van der Waals surface area contributed by atoms with Crippen LogP contribution < -0.4 is 4.90 Å². The minimum Gasteiger partial charge on any atom is -0.311 e. The van der Waals surface area contributed by atoms with E-state index in [4.69, 9.17) is 0 Å². The molecule has 4 nitrogen and oxygen atoms in total. The van der Waals surface area contributed by atoms with Crippen LogP contribution >= 0.6 is 11.8 Å². The first kappa shape index (κ1) is 21.4. The zero-order valence-corrected chi connectivity index (χ0v) is 20.2. The monoisotopic (exact) mass is 472 g/mol. The molecule has 0 saturated carbocycles. The van der Waals surface area contributed by atoms with Gasteiger partial charge in [-0.15, -0.1) is 22.0 Å². The van der Waals surface area contributed by atoms with Crippen molar-refractivity contribution in [1.82, 2.24) is 15.0 Å². The lowest BCUT2D eigenvalue weighted by atomic mass is 10.1. The zero-order chi connectivity index (χ0) is 23.6. The van der Waals surface area contributed by atoms with Crippen LogP contribution in [0, 0.1) is 0 Å². The van der Waals surface area contributed by atoms with Gasteiger partial charge in [-0.05, 0) is 72.7 Å². The molecule has 5 aromatic rings. The summed E-state index contributed by atoms with van der Waals surface area (Å²) in [7, 11) is 0. The Labute approximate surface area is 209 Å². The molecular weight excluding hydrogens is 448 g/mol. The Morgan fingerprint density at radius 2 is 1.49 bits per heavy atom. The molecule has 0 atom stereocenters. The normalized spacial score (nSPS) is 14.4. The van der Waals surface area contributed by atoms with Gasteiger partial charge < -0.3 is 4.90 Å². The van der Waals surface area contributed by atoms with E-state index < -0.39 is 0 Å². The van der Waals surface area contributed by atoms with Crippen LogP contribution in [0.1, 0.15) is 12.5 Å². The van der Waals surface area contributed by atoms with E-state index in [1.165, 1.54) is 16.0 Å². The third-order valence-corrected chi connectivity index (χ3v) is 7.23. The van der Waals surface area contributed by atoms with E-state index >= 15 is 0 Å². The summed E-state index contributed by atoms with van der Waals surface area (Å²) < 4.78 is 0. The number of nitrogens with zero attached hydrogens (tertiary/aromatic N) is 4. The van der Waals surface area contributed by atoms with Crippen molar-refractivity contribution in [3.8, 4) is 5.69 Å². The lowest BCUT2D eigenvalue weighted by Crippen LogP contribution is -2.16. The first-order chi connectivity index (χ1) is 17.3. The average molecular weight is 473 g/mol. The van der Waals surface area contributed by atoms with Gasteiger partial charge in [0.15, 0.2) is 0 Å². The van der Waals surface area contributed by atoms with E-state index in [2.05, 4.69) is 107 Å². The number of para-hydroxylation sites is 1. The van der Waals surface area contributed by atoms with Gasteiger partial charge in [-0.1, -0.05) is 60.7 Å². The minimum atomic E-state index is 0.883. The van der Waals surface area contributed by atoms with Crippen LogP contribution in [-0.2, 0) is 0 Å². The Morgan fingerprint density at radius 3 is 2.26 bits per heavy atom. The van der Waals surface area contributed by atoms with E-state index in [0.717, 1.165) is 39.5 Å². The standard InChI is InChI=1S/C30H24N4S/c1-2-23(19-22-21-35-30-18-9-6-15-27(22)30)33(24-11-4-3-5-12-24)25-13-10-14-26(20-25)34-31-28-16-7-8-17-29(28)32-34/h2-20H,21H2,1H3/b22-19+,23-2+. The largest absolute Gasteiger partial charge is 0.311 e. The van der Waals surface area contributed by atoms with Gasteiger partial charge in [0.05, 0.1) is 5.69 Å². The molecule has 0 amide bonds. The summed E-state index contributed by atoms with van der Waals surface area (Å²) in [5, 5.41) is 9.37. The molecule has 0 spiro atoms. The SMILES string of the molecule is C/C=C(\C=C1/CSc2ccccc21)N(c1ccccc1)c1cccc(-n2nc3ccccc3n2)c1. The fourth-order valence-corrected chi connectivity index (χ4v) is 5.50. The fraction of sp³-hybridized carbons (Fsp3) is 0.0667. The number of anilines is 2. The average Bonchev–Trinajstić information content (AvgIpc) is 3.54. The van der Waals surface area contributed by atoms with E-state index in [9.17, 15) is 0 Å². The van der Waals surface area contributed by atoms with E-state index in [0.29, 0.717) is 0 Å². The second kappa shape index (κ2) is 9.28. The van der Waals surface area contributed by atoms with Crippen molar-refractivity contribution in [2.24, 2.45) is 0 Å². The van der Waals surface area contributed by atoms with Gasteiger partial charge in [0, 0.05) is 27.7 Å². The third-order valence-electron chi connectivity index (χ3n) is 6.11. The maximum absolute atomic E-state index is 4.69. The molecule has 1 aliphatic rings. The van der Waals surface area contributed by atoms with Gasteiger partial charge in [-0.25, -0.2) is 0 Å². The predicted octanol–water partition coefficient (Wildman–Crippen LogP) is 7.65. The van der Waals surface area contributed by atoms with Crippen molar-refractivity contribution in [2.75, 3.05) is 10.7 Å². The molecule has 0 aliphatic carbocycles. The van der Waals surface area contributed by atoms with Gasteiger partial charge in [0.25, 0.3) is 0 Å². The molecule has 0 unspecified atom stereocenters. The molecule has 2 heterocycles. The Hall–Kier alpha value is -4.09. The van der Waals surface area contributed by atoms with Crippen LogP contribution in [0.5, 0.6) is 0 Å². The van der Waals surface area contributed by atoms with Gasteiger partial charge in [-0.2, -0.15) is 4.80 Å². The molecule has 0 radical (unpaired) electrons. The van der Waals surface area contributed by atoms with Crippen molar-refractivity contribution in [2.45, 2.75) is 11.8 Å². The molecule has 0 saturated heterocycles. The molecule has 0 N–H and O–H groups in total. The predicted molar refractivity (Wildman–Crippen MR) is 146 cm³/mol. The molecule has 0 fully saturated rings. The summed E-state index contributed by atoms with van der Waals surface area (Å²) in [5.74, 6) is 0.975. The fourth-order valence-electron chi connectivity index (χ4n) is 4.42. The summed E-state index contributed by atoms with van der Waals surface area (Å²) in [6.07, 6.45) is 4.50. The van der Waals surface area contributed by atoms with Crippen LogP contribution in [0.15, 0.2) is 126 Å². The first-order valence-corrected chi connectivity index (χ1v) is 12.7. The second-order valence-corrected chi connectivity index (χ2v) is 9.35. The maximum atomic E-state index is 4.69. The number of thioether (sulfide) groups is 1. The maximum Gasteiger partial charge on any atom is 0.113 e. The van der Waals surface area contributed by atoms with Crippen LogP contribution in [0.4, 0.5) is 11.4 Å². The molecular formula is C30H24N4S. The summed E-state index contributed by atoms with van der Waals surface area (Å²) in [5.41, 5.74) is 8.64.